The first-order valence-electron chi connectivity index (χ1n) is 5.96. The molecule has 108 valence electrons. The summed E-state index contributed by atoms with van der Waals surface area (Å²) in [4.78, 5) is 3.77. The van der Waals surface area contributed by atoms with E-state index in [0.29, 0.717) is 18.0 Å². The number of anilines is 2. The molecule has 0 radical (unpaired) electrons. The summed E-state index contributed by atoms with van der Waals surface area (Å²) < 4.78 is 33.7. The minimum atomic E-state index is -3.79. The van der Waals surface area contributed by atoms with Crippen molar-refractivity contribution in [3.63, 3.8) is 0 Å². The van der Waals surface area contributed by atoms with Crippen molar-refractivity contribution in [2.75, 3.05) is 17.1 Å². The van der Waals surface area contributed by atoms with Gasteiger partial charge in [-0.25, -0.2) is 4.98 Å². The lowest BCUT2D eigenvalue weighted by Gasteiger charge is -2.10. The van der Waals surface area contributed by atoms with Crippen LogP contribution >= 0.6 is 0 Å². The topological polar surface area (TPSA) is 99.2 Å². The molecule has 1 aromatic heterocycles. The molecule has 0 unspecified atom stereocenters. The van der Waals surface area contributed by atoms with Crippen LogP contribution in [0.2, 0.25) is 0 Å². The van der Waals surface area contributed by atoms with Crippen molar-refractivity contribution in [3.8, 4) is 5.75 Å². The number of hydrogen-bond acceptors (Lipinski definition) is 5. The fourth-order valence-corrected chi connectivity index (χ4v) is 3.07. The summed E-state index contributed by atoms with van der Waals surface area (Å²) in [5, 5.41) is -0.0701. The molecular weight excluding hydrogens is 280 g/mol. The second kappa shape index (κ2) is 5.41. The van der Waals surface area contributed by atoms with Crippen molar-refractivity contribution in [2.45, 2.75) is 11.9 Å². The van der Waals surface area contributed by atoms with Crippen LogP contribution < -0.4 is 15.2 Å². The number of sulfonamides is 1. The zero-order valence-electron chi connectivity index (χ0n) is 11.2. The van der Waals surface area contributed by atoms with Gasteiger partial charge in [-0.2, -0.15) is 8.42 Å². The number of nitrogens with two attached hydrogens (primary N) is 1. The number of nitrogens with zero attached hydrogens (tertiary/aromatic N) is 2. The second-order valence-corrected chi connectivity index (χ2v) is 5.71. The lowest BCUT2D eigenvalue weighted by Crippen LogP contribution is -2.17. The van der Waals surface area contributed by atoms with Crippen LogP contribution in [0.3, 0.4) is 0 Å². The zero-order valence-corrected chi connectivity index (χ0v) is 12.0. The predicted octanol–water partition coefficient (Wildman–Crippen LogP) is 1.20. The molecule has 0 atom stereocenters. The molecule has 0 bridgehead atoms. The smallest absolute Gasteiger partial charge is 0.281 e. The number of rotatable bonds is 5. The number of benzene rings is 1. The van der Waals surface area contributed by atoms with Crippen molar-refractivity contribution in [1.82, 2.24) is 9.55 Å². The van der Waals surface area contributed by atoms with E-state index in [2.05, 4.69) is 9.71 Å². The highest BCUT2D eigenvalue weighted by atomic mass is 32.2. The van der Waals surface area contributed by atoms with Crippen LogP contribution in [0.25, 0.3) is 0 Å². The summed E-state index contributed by atoms with van der Waals surface area (Å²) in [5.41, 5.74) is 5.98. The Hall–Kier alpha value is -2.22. The summed E-state index contributed by atoms with van der Waals surface area (Å²) in [5.74, 6) is 0.548. The molecule has 8 heteroatoms. The van der Waals surface area contributed by atoms with E-state index in [1.54, 1.807) is 31.3 Å². The monoisotopic (exact) mass is 296 g/mol. The SMILES string of the molecule is CCOc1cccc(NS(=O)(=O)c2c(N)ncn2C)c1. The maximum atomic E-state index is 12.3. The molecule has 2 rings (SSSR count). The van der Waals surface area contributed by atoms with Gasteiger partial charge in [-0.3, -0.25) is 4.72 Å². The van der Waals surface area contributed by atoms with Crippen LogP contribution in [0.1, 0.15) is 6.92 Å². The summed E-state index contributed by atoms with van der Waals surface area (Å²) >= 11 is 0. The highest BCUT2D eigenvalue weighted by Crippen LogP contribution is 2.22. The number of ether oxygens (including phenoxy) is 1. The Morgan fingerprint density at radius 3 is 2.80 bits per heavy atom. The fourth-order valence-electron chi connectivity index (χ4n) is 1.78. The third-order valence-corrected chi connectivity index (χ3v) is 4.07. The summed E-state index contributed by atoms with van der Waals surface area (Å²) in [7, 11) is -2.23. The van der Waals surface area contributed by atoms with Crippen LogP contribution in [0.5, 0.6) is 5.75 Å². The number of aromatic nitrogens is 2. The summed E-state index contributed by atoms with van der Waals surface area (Å²) in [6.45, 7) is 2.36. The van der Waals surface area contributed by atoms with Gasteiger partial charge in [-0.1, -0.05) is 6.07 Å². The maximum Gasteiger partial charge on any atom is 0.281 e. The van der Waals surface area contributed by atoms with Crippen molar-refractivity contribution in [1.29, 1.82) is 0 Å². The largest absolute Gasteiger partial charge is 0.494 e. The molecule has 0 aliphatic carbocycles. The third-order valence-electron chi connectivity index (χ3n) is 2.56. The first-order chi connectivity index (χ1) is 9.44. The van der Waals surface area contributed by atoms with Gasteiger partial charge >= 0.3 is 0 Å². The fraction of sp³-hybridized carbons (Fsp3) is 0.250. The van der Waals surface area contributed by atoms with Crippen molar-refractivity contribution < 1.29 is 13.2 Å². The molecule has 20 heavy (non-hydrogen) atoms. The average Bonchev–Trinajstić information content (AvgIpc) is 2.70. The highest BCUT2D eigenvalue weighted by Gasteiger charge is 2.22. The molecule has 0 aliphatic heterocycles. The Morgan fingerprint density at radius 1 is 1.45 bits per heavy atom. The summed E-state index contributed by atoms with van der Waals surface area (Å²) in [6.07, 6.45) is 1.35. The van der Waals surface area contributed by atoms with Gasteiger partial charge < -0.3 is 15.0 Å². The quantitative estimate of drug-likeness (QED) is 0.863. The van der Waals surface area contributed by atoms with E-state index in [1.807, 2.05) is 6.92 Å². The van der Waals surface area contributed by atoms with E-state index in [0.717, 1.165) is 0 Å². The molecule has 1 aromatic carbocycles. The molecule has 0 aliphatic rings. The first-order valence-corrected chi connectivity index (χ1v) is 7.45. The Balaban J connectivity index is 2.31. The second-order valence-electron chi connectivity index (χ2n) is 4.11. The van der Waals surface area contributed by atoms with Gasteiger partial charge in [-0.15, -0.1) is 0 Å². The lowest BCUT2D eigenvalue weighted by atomic mass is 10.3. The Labute approximate surface area is 117 Å². The van der Waals surface area contributed by atoms with E-state index in [4.69, 9.17) is 10.5 Å². The highest BCUT2D eigenvalue weighted by molar-refractivity contribution is 7.92. The number of nitrogens with one attached hydrogen (secondary N) is 1. The van der Waals surface area contributed by atoms with Gasteiger partial charge in [0.15, 0.2) is 10.8 Å². The molecule has 0 spiro atoms. The van der Waals surface area contributed by atoms with E-state index in [1.165, 1.54) is 10.9 Å². The average molecular weight is 296 g/mol. The molecule has 0 amide bonds. The van der Waals surface area contributed by atoms with E-state index < -0.39 is 10.0 Å². The predicted molar refractivity (Wildman–Crippen MR) is 76.0 cm³/mol. The van der Waals surface area contributed by atoms with Crippen LogP contribution in [0, 0.1) is 0 Å². The van der Waals surface area contributed by atoms with Crippen molar-refractivity contribution in [2.24, 2.45) is 7.05 Å². The van der Waals surface area contributed by atoms with Crippen LogP contribution in [-0.2, 0) is 17.1 Å². The third kappa shape index (κ3) is 2.85. The van der Waals surface area contributed by atoms with Crippen molar-refractivity contribution in [3.05, 3.63) is 30.6 Å². The van der Waals surface area contributed by atoms with E-state index >= 15 is 0 Å². The molecule has 0 saturated carbocycles. The van der Waals surface area contributed by atoms with Crippen LogP contribution in [0.4, 0.5) is 11.5 Å². The van der Waals surface area contributed by atoms with E-state index in [9.17, 15) is 8.42 Å². The molecule has 0 saturated heterocycles. The van der Waals surface area contributed by atoms with Crippen LogP contribution in [-0.4, -0.2) is 24.6 Å². The zero-order chi connectivity index (χ0) is 14.8. The number of nitrogen functional groups attached to an aromatic ring is 1. The number of hydrogen-bond donors (Lipinski definition) is 2. The van der Waals surface area contributed by atoms with Gasteiger partial charge in [0.05, 0.1) is 18.6 Å². The van der Waals surface area contributed by atoms with Gasteiger partial charge in [-0.05, 0) is 19.1 Å². The minimum Gasteiger partial charge on any atom is -0.494 e. The number of aryl methyl sites for hydroxylation is 1. The maximum absolute atomic E-state index is 12.3. The van der Waals surface area contributed by atoms with Gasteiger partial charge in [0, 0.05) is 13.1 Å². The Kier molecular flexibility index (Phi) is 3.84. The molecule has 3 N–H and O–H groups in total. The molecule has 2 aromatic rings. The molecule has 0 fully saturated rings. The first kappa shape index (κ1) is 14.2. The molecular formula is C12H16N4O3S. The Morgan fingerprint density at radius 2 is 2.20 bits per heavy atom. The van der Waals surface area contributed by atoms with Gasteiger partial charge in [0.25, 0.3) is 10.0 Å². The lowest BCUT2D eigenvalue weighted by molar-refractivity contribution is 0.340. The Bertz CT molecular complexity index is 690. The molecule has 1 heterocycles. The van der Waals surface area contributed by atoms with Gasteiger partial charge in [0.2, 0.25) is 0 Å². The van der Waals surface area contributed by atoms with E-state index in [-0.39, 0.29) is 10.8 Å². The normalized spacial score (nSPS) is 11.3. The number of imidazole rings is 1. The standard InChI is InChI=1S/C12H16N4O3S/c1-3-19-10-6-4-5-9(7-10)15-20(17,18)12-11(13)14-8-16(12)2/h4-8,15H,3,13H2,1-2H3. The minimum absolute atomic E-state index is 0.0408. The van der Waals surface area contributed by atoms with Crippen LogP contribution in [0.15, 0.2) is 35.6 Å². The molecule has 7 nitrogen and oxygen atoms in total. The summed E-state index contributed by atoms with van der Waals surface area (Å²) in [6, 6.07) is 6.69. The van der Waals surface area contributed by atoms with Crippen molar-refractivity contribution >= 4 is 21.5 Å². The van der Waals surface area contributed by atoms with Gasteiger partial charge in [0.1, 0.15) is 5.75 Å².